The van der Waals surface area contributed by atoms with Crippen molar-refractivity contribution in [1.29, 1.82) is 0 Å². The molecule has 2 aliphatic rings. The molecule has 174 valence electrons. The highest BCUT2D eigenvalue weighted by Crippen LogP contribution is 2.25. The van der Waals surface area contributed by atoms with Crippen LogP contribution in [0.2, 0.25) is 0 Å². The first-order chi connectivity index (χ1) is 15.8. The number of aromatic nitrogens is 4. The second-order valence-corrected chi connectivity index (χ2v) is 10.7. The number of sulfone groups is 1. The number of aliphatic imine (C=N–C) groups is 1. The summed E-state index contributed by atoms with van der Waals surface area (Å²) in [6.07, 6.45) is 4.75. The molecule has 2 aliphatic heterocycles. The largest absolute Gasteiger partial charge is 0.368 e. The van der Waals surface area contributed by atoms with Crippen LogP contribution in [0.4, 0.5) is 17.5 Å². The highest BCUT2D eigenvalue weighted by molar-refractivity contribution is 8.06. The molecule has 5 rings (SSSR count). The number of hydrogen-bond acceptors (Lipinski definition) is 9. The van der Waals surface area contributed by atoms with Crippen LogP contribution in [-0.2, 0) is 16.4 Å². The fraction of sp³-hybridized carbons (Fsp3) is 0.455. The summed E-state index contributed by atoms with van der Waals surface area (Å²) < 4.78 is 26.1. The third-order valence-electron chi connectivity index (χ3n) is 6.18. The second kappa shape index (κ2) is 8.38. The van der Waals surface area contributed by atoms with E-state index in [2.05, 4.69) is 55.0 Å². The second-order valence-electron chi connectivity index (χ2n) is 8.76. The lowest BCUT2D eigenvalue weighted by molar-refractivity contribution is 0.209. The van der Waals surface area contributed by atoms with E-state index in [1.807, 2.05) is 16.8 Å². The Hall–Kier alpha value is -3.05. The van der Waals surface area contributed by atoms with Crippen molar-refractivity contribution in [3.8, 4) is 0 Å². The van der Waals surface area contributed by atoms with E-state index < -0.39 is 9.84 Å². The van der Waals surface area contributed by atoms with E-state index in [0.717, 1.165) is 37.3 Å². The molecular weight excluding hydrogens is 440 g/mol. The van der Waals surface area contributed by atoms with Gasteiger partial charge in [-0.25, -0.2) is 18.4 Å². The Bertz CT molecular complexity index is 1310. The molecule has 0 unspecified atom stereocenters. The van der Waals surface area contributed by atoms with Crippen LogP contribution in [-0.4, -0.2) is 82.9 Å². The number of fused-ring (bicyclic) bond motifs is 3. The maximum atomic E-state index is 12.1. The molecule has 3 aromatic rings. The highest BCUT2D eigenvalue weighted by Gasteiger charge is 2.25. The predicted molar refractivity (Wildman–Crippen MR) is 130 cm³/mol. The van der Waals surface area contributed by atoms with Gasteiger partial charge in [-0.3, -0.25) is 9.89 Å². The van der Waals surface area contributed by atoms with Crippen molar-refractivity contribution in [3.63, 3.8) is 0 Å². The Morgan fingerprint density at radius 3 is 2.48 bits per heavy atom. The van der Waals surface area contributed by atoms with Crippen LogP contribution in [0.25, 0.3) is 11.0 Å². The lowest BCUT2D eigenvalue weighted by Crippen LogP contribution is -2.48. The van der Waals surface area contributed by atoms with Gasteiger partial charge in [0.15, 0.2) is 14.9 Å². The minimum Gasteiger partial charge on any atom is -0.368 e. The minimum absolute atomic E-state index is 0.104. The topological polar surface area (TPSA) is 109 Å². The lowest BCUT2D eigenvalue weighted by atomic mass is 10.2. The first kappa shape index (κ1) is 21.8. The fourth-order valence-corrected chi connectivity index (χ4v) is 5.28. The number of nitrogens with zero attached hydrogens (tertiary/aromatic N) is 7. The average molecular weight is 469 g/mol. The van der Waals surface area contributed by atoms with E-state index in [9.17, 15) is 8.42 Å². The van der Waals surface area contributed by atoms with Crippen LogP contribution in [0.1, 0.15) is 19.5 Å². The molecule has 11 heteroatoms. The van der Waals surface area contributed by atoms with E-state index in [1.165, 1.54) is 6.26 Å². The minimum atomic E-state index is -3.42. The smallest absolute Gasteiger partial charge is 0.230 e. The summed E-state index contributed by atoms with van der Waals surface area (Å²) in [5.41, 5.74) is 2.34. The summed E-state index contributed by atoms with van der Waals surface area (Å²) >= 11 is 0. The van der Waals surface area contributed by atoms with Crippen LogP contribution in [0.5, 0.6) is 0 Å². The van der Waals surface area contributed by atoms with Gasteiger partial charge < -0.3 is 14.8 Å². The summed E-state index contributed by atoms with van der Waals surface area (Å²) in [5.74, 6) is 1.07. The number of anilines is 3. The average Bonchev–Trinajstić information content (AvgIpc) is 3.17. The van der Waals surface area contributed by atoms with Crippen LogP contribution in [0, 0.1) is 0 Å². The van der Waals surface area contributed by atoms with Gasteiger partial charge in [-0.1, -0.05) is 0 Å². The van der Waals surface area contributed by atoms with E-state index in [4.69, 9.17) is 0 Å². The maximum absolute atomic E-state index is 12.1. The van der Waals surface area contributed by atoms with Crippen LogP contribution < -0.4 is 10.2 Å². The number of piperazine rings is 1. The number of rotatable bonds is 4. The molecule has 10 nitrogen and oxygen atoms in total. The monoisotopic (exact) mass is 468 g/mol. The highest BCUT2D eigenvalue weighted by atomic mass is 32.2. The molecule has 0 spiro atoms. The van der Waals surface area contributed by atoms with Crippen molar-refractivity contribution < 1.29 is 8.42 Å². The molecule has 0 aliphatic carbocycles. The van der Waals surface area contributed by atoms with Gasteiger partial charge in [0, 0.05) is 56.6 Å². The van der Waals surface area contributed by atoms with Crippen molar-refractivity contribution in [2.75, 3.05) is 49.2 Å². The van der Waals surface area contributed by atoms with Gasteiger partial charge in [-0.15, -0.1) is 0 Å². The zero-order valence-electron chi connectivity index (χ0n) is 19.1. The van der Waals surface area contributed by atoms with Crippen LogP contribution in [0.3, 0.4) is 0 Å². The quantitative estimate of drug-likeness (QED) is 0.619. The predicted octanol–water partition coefficient (Wildman–Crippen LogP) is 1.91. The summed E-state index contributed by atoms with van der Waals surface area (Å²) in [4.78, 5) is 22.6. The van der Waals surface area contributed by atoms with Gasteiger partial charge in [-0.2, -0.15) is 4.98 Å². The fourth-order valence-electron chi connectivity index (χ4n) is 4.40. The zero-order chi connectivity index (χ0) is 23.2. The van der Waals surface area contributed by atoms with E-state index >= 15 is 0 Å². The molecule has 1 N–H and O–H groups in total. The van der Waals surface area contributed by atoms with Gasteiger partial charge in [0.2, 0.25) is 5.95 Å². The number of nitrogens with one attached hydrogen (secondary N) is 1. The Morgan fingerprint density at radius 1 is 1.03 bits per heavy atom. The molecule has 33 heavy (non-hydrogen) atoms. The molecule has 0 radical (unpaired) electrons. The molecule has 0 atom stereocenters. The molecule has 0 amide bonds. The van der Waals surface area contributed by atoms with Crippen molar-refractivity contribution in [3.05, 3.63) is 36.3 Å². The van der Waals surface area contributed by atoms with Gasteiger partial charge in [0.1, 0.15) is 11.5 Å². The Balaban J connectivity index is 1.33. The first-order valence-corrected chi connectivity index (χ1v) is 13.0. The van der Waals surface area contributed by atoms with Gasteiger partial charge in [0.25, 0.3) is 0 Å². The standard InChI is InChI=1S/C22H28N8O2S/c1-15(2)28-8-10-29(11-9-28)17-4-5-19(24-14-17)26-22-25-13-16-12-18-21(33(3,31)32)23-6-7-30(18)20(16)27-22/h4-5,12-15H,6-11H2,1-3H3,(H,24,25,26,27). The third-order valence-corrected chi connectivity index (χ3v) is 7.22. The van der Waals surface area contributed by atoms with Gasteiger partial charge >= 0.3 is 0 Å². The van der Waals surface area contributed by atoms with E-state index in [0.29, 0.717) is 42.2 Å². The third kappa shape index (κ3) is 4.30. The van der Waals surface area contributed by atoms with Crippen molar-refractivity contribution in [2.45, 2.75) is 26.4 Å². The van der Waals surface area contributed by atoms with Crippen LogP contribution >= 0.6 is 0 Å². The molecule has 3 aromatic heterocycles. The molecule has 1 saturated heterocycles. The number of hydrogen-bond donors (Lipinski definition) is 1. The summed E-state index contributed by atoms with van der Waals surface area (Å²) in [7, 11) is -3.42. The summed E-state index contributed by atoms with van der Waals surface area (Å²) in [6.45, 7) is 9.54. The Morgan fingerprint density at radius 2 is 1.82 bits per heavy atom. The zero-order valence-corrected chi connectivity index (χ0v) is 19.9. The molecule has 0 saturated carbocycles. The normalized spacial score (nSPS) is 17.3. The first-order valence-electron chi connectivity index (χ1n) is 11.1. The van der Waals surface area contributed by atoms with E-state index in [-0.39, 0.29) is 5.04 Å². The molecule has 0 aromatic carbocycles. The van der Waals surface area contributed by atoms with Gasteiger partial charge in [0.05, 0.1) is 24.1 Å². The van der Waals surface area contributed by atoms with Crippen molar-refractivity contribution in [2.24, 2.45) is 4.99 Å². The van der Waals surface area contributed by atoms with Crippen molar-refractivity contribution >= 4 is 43.4 Å². The Kier molecular flexibility index (Phi) is 5.53. The summed E-state index contributed by atoms with van der Waals surface area (Å²) in [5, 5.41) is 4.04. The number of pyridine rings is 1. The molecule has 1 fully saturated rings. The van der Waals surface area contributed by atoms with Gasteiger partial charge in [-0.05, 0) is 32.0 Å². The molecule has 0 bridgehead atoms. The molecular formula is C22H28N8O2S. The van der Waals surface area contributed by atoms with Crippen LogP contribution in [0.15, 0.2) is 35.6 Å². The molecule has 5 heterocycles. The maximum Gasteiger partial charge on any atom is 0.230 e. The lowest BCUT2D eigenvalue weighted by Gasteiger charge is -2.38. The van der Waals surface area contributed by atoms with E-state index in [1.54, 1.807) is 12.3 Å². The SMILES string of the molecule is CC(C)N1CCN(c2ccc(Nc3ncc4cc5n(c4n3)CCN=C5S(C)(=O)=O)nc2)CC1. The summed E-state index contributed by atoms with van der Waals surface area (Å²) in [6, 6.07) is 6.35. The van der Waals surface area contributed by atoms with Crippen molar-refractivity contribution in [1.82, 2.24) is 24.4 Å². The Labute approximate surface area is 193 Å².